The van der Waals surface area contributed by atoms with Crippen molar-refractivity contribution in [3.05, 3.63) is 108 Å². The minimum Gasteiger partial charge on any atom is -0.391 e. The highest BCUT2D eigenvalue weighted by molar-refractivity contribution is 7.97. The quantitative estimate of drug-likeness (QED) is 0.126. The smallest absolute Gasteiger partial charge is 0.391 e. The normalized spacial score (nSPS) is 28.6. The molecule has 3 aromatic carbocycles. The second-order valence-corrected chi connectivity index (χ2v) is 15.1. The van der Waals surface area contributed by atoms with Gasteiger partial charge in [-0.2, -0.15) is 8.42 Å². The van der Waals surface area contributed by atoms with E-state index in [1.54, 1.807) is 0 Å². The molecule has 48 heavy (non-hydrogen) atoms. The van der Waals surface area contributed by atoms with Crippen LogP contribution in [0, 0.1) is 0 Å². The summed E-state index contributed by atoms with van der Waals surface area (Å²) in [7, 11) is -5.86. The molecule has 1 unspecified atom stereocenters. The van der Waals surface area contributed by atoms with Crippen molar-refractivity contribution in [1.82, 2.24) is 0 Å². The first-order valence-electron chi connectivity index (χ1n) is 15.7. The molecular formula is C34H43O12S2+. The van der Waals surface area contributed by atoms with Crippen LogP contribution in [0.5, 0.6) is 0 Å². The standard InChI is InChI=1S/C34H42O12S2/c35-16-30-31(37)27(36)21-47(30)22-29-33(46-48(38,39)40)34(43-19-26-14-8-3-9-15-26)32(45-23-44-29)28(42-18-25-12-6-2-7-13-25)20-41-17-24-10-4-1-5-11-24/h1-15,27-37H,16-23H2/p+1/t27-,28-,29-,30-,31+,32-,33-,34-,47?/m1/s1. The molecule has 0 aliphatic carbocycles. The van der Waals surface area contributed by atoms with Crippen molar-refractivity contribution < 1.29 is 56.2 Å². The molecule has 0 radical (unpaired) electrons. The molecule has 4 N–H and O–H groups in total. The molecule has 2 fully saturated rings. The Morgan fingerprint density at radius 3 is 1.98 bits per heavy atom. The number of benzene rings is 3. The minimum absolute atomic E-state index is 0.0240. The van der Waals surface area contributed by atoms with Crippen LogP contribution in [0.25, 0.3) is 0 Å². The Morgan fingerprint density at radius 1 is 0.812 bits per heavy atom. The van der Waals surface area contributed by atoms with Crippen molar-refractivity contribution in [2.75, 3.05) is 31.5 Å². The third-order valence-electron chi connectivity index (χ3n) is 8.29. The zero-order chi connectivity index (χ0) is 33.9. The lowest BCUT2D eigenvalue weighted by molar-refractivity contribution is -0.183. The Bertz CT molecular complexity index is 1470. The van der Waals surface area contributed by atoms with Crippen LogP contribution in [0.1, 0.15) is 16.7 Å². The van der Waals surface area contributed by atoms with Crippen molar-refractivity contribution in [2.24, 2.45) is 0 Å². The zero-order valence-corrected chi connectivity index (χ0v) is 27.9. The summed E-state index contributed by atoms with van der Waals surface area (Å²) in [5.74, 6) is 0.252. The van der Waals surface area contributed by atoms with Crippen molar-refractivity contribution in [3.63, 3.8) is 0 Å². The first-order valence-corrected chi connectivity index (χ1v) is 18.7. The summed E-state index contributed by atoms with van der Waals surface area (Å²) in [6.45, 7) is -0.204. The lowest BCUT2D eigenvalue weighted by atomic mass is 9.99. The van der Waals surface area contributed by atoms with E-state index >= 15 is 0 Å². The van der Waals surface area contributed by atoms with Crippen LogP contribution < -0.4 is 0 Å². The molecule has 2 aliphatic rings. The molecular weight excluding hydrogens is 664 g/mol. The van der Waals surface area contributed by atoms with Crippen molar-refractivity contribution in [3.8, 4) is 0 Å². The molecule has 0 aromatic heterocycles. The molecule has 14 heteroatoms. The van der Waals surface area contributed by atoms with Crippen LogP contribution in [0.15, 0.2) is 91.0 Å². The van der Waals surface area contributed by atoms with Crippen molar-refractivity contribution >= 4 is 21.3 Å². The summed E-state index contributed by atoms with van der Waals surface area (Å²) < 4.78 is 71.3. The first kappa shape index (κ1) is 36.8. The van der Waals surface area contributed by atoms with E-state index in [1.165, 1.54) is 0 Å². The number of aliphatic hydroxyl groups is 3. The molecule has 2 saturated heterocycles. The summed E-state index contributed by atoms with van der Waals surface area (Å²) in [6, 6.07) is 28.3. The molecule has 3 aromatic rings. The van der Waals surface area contributed by atoms with Gasteiger partial charge in [0.15, 0.2) is 5.25 Å². The van der Waals surface area contributed by atoms with E-state index in [4.69, 9.17) is 27.9 Å². The van der Waals surface area contributed by atoms with E-state index in [1.807, 2.05) is 91.0 Å². The minimum atomic E-state index is -5.05. The Hall–Kier alpha value is -2.44. The fourth-order valence-electron chi connectivity index (χ4n) is 5.85. The van der Waals surface area contributed by atoms with E-state index < -0.39 is 69.3 Å². The molecule has 2 heterocycles. The molecule has 0 saturated carbocycles. The maximum Gasteiger partial charge on any atom is 0.397 e. The fourth-order valence-corrected chi connectivity index (χ4v) is 9.13. The second-order valence-electron chi connectivity index (χ2n) is 11.7. The topological polar surface area (TPSA) is 170 Å². The molecule has 0 bridgehead atoms. The van der Waals surface area contributed by atoms with Gasteiger partial charge in [0, 0.05) is 10.9 Å². The van der Waals surface area contributed by atoms with E-state index in [0.717, 1.165) is 16.7 Å². The third-order valence-corrected chi connectivity index (χ3v) is 11.6. The van der Waals surface area contributed by atoms with E-state index in [-0.39, 0.29) is 51.3 Å². The highest BCUT2D eigenvalue weighted by atomic mass is 32.3. The molecule has 5 rings (SSSR count). The van der Waals surface area contributed by atoms with Crippen molar-refractivity contribution in [2.45, 2.75) is 67.8 Å². The summed E-state index contributed by atoms with van der Waals surface area (Å²) in [5.41, 5.74) is 2.61. The van der Waals surface area contributed by atoms with Gasteiger partial charge < -0.3 is 39.0 Å². The molecule has 2 aliphatic heterocycles. The summed E-state index contributed by atoms with van der Waals surface area (Å²) >= 11 is 0. The van der Waals surface area contributed by atoms with Crippen LogP contribution in [-0.4, -0.2) is 108 Å². The maximum absolute atomic E-state index is 12.4. The lowest BCUT2D eigenvalue weighted by Gasteiger charge is -2.35. The average molecular weight is 708 g/mol. The summed E-state index contributed by atoms with van der Waals surface area (Å²) in [4.78, 5) is 0. The largest absolute Gasteiger partial charge is 0.397 e. The monoisotopic (exact) mass is 707 g/mol. The van der Waals surface area contributed by atoms with E-state index in [2.05, 4.69) is 0 Å². The van der Waals surface area contributed by atoms with Crippen LogP contribution in [0.2, 0.25) is 0 Å². The molecule has 0 amide bonds. The van der Waals surface area contributed by atoms with E-state index in [9.17, 15) is 28.3 Å². The lowest BCUT2D eigenvalue weighted by Crippen LogP contribution is -2.54. The predicted octanol–water partition coefficient (Wildman–Crippen LogP) is 2.02. The van der Waals surface area contributed by atoms with Crippen molar-refractivity contribution in [1.29, 1.82) is 0 Å². The van der Waals surface area contributed by atoms with Gasteiger partial charge in [0.25, 0.3) is 0 Å². The number of aliphatic hydroxyl groups excluding tert-OH is 3. The molecule has 0 spiro atoms. The number of rotatable bonds is 16. The van der Waals surface area contributed by atoms with Crippen LogP contribution in [0.3, 0.4) is 0 Å². The first-order chi connectivity index (χ1) is 23.2. The zero-order valence-electron chi connectivity index (χ0n) is 26.3. The van der Waals surface area contributed by atoms with Gasteiger partial charge in [-0.05, 0) is 16.7 Å². The number of hydrogen-bond donors (Lipinski definition) is 4. The van der Waals surface area contributed by atoms with Gasteiger partial charge in [-0.15, -0.1) is 0 Å². The fraction of sp³-hybridized carbons (Fsp3) is 0.471. The Balaban J connectivity index is 1.46. The summed E-state index contributed by atoms with van der Waals surface area (Å²) in [5, 5.41) is 30.2. The predicted molar refractivity (Wildman–Crippen MR) is 177 cm³/mol. The van der Waals surface area contributed by atoms with Gasteiger partial charge in [0.1, 0.15) is 61.0 Å². The highest BCUT2D eigenvalue weighted by Crippen LogP contribution is 2.32. The van der Waals surface area contributed by atoms with Gasteiger partial charge in [-0.25, -0.2) is 4.18 Å². The number of ether oxygens (including phenoxy) is 5. The highest BCUT2D eigenvalue weighted by Gasteiger charge is 2.54. The number of hydrogen-bond acceptors (Lipinski definition) is 11. The molecule has 9 atom stereocenters. The van der Waals surface area contributed by atoms with Gasteiger partial charge in [-0.1, -0.05) is 91.0 Å². The Labute approximate surface area is 283 Å². The SMILES string of the molecule is O=S(=O)(O)O[C@H]1[C@H](OCc2ccccc2)[C@@H]([C@@H](COCc2ccccc2)OCc2ccccc2)OCO[C@@H]1C[S+]1C[C@@H](O)[C@H](O)[C@H]1CO. The molecule has 12 nitrogen and oxygen atoms in total. The van der Waals surface area contributed by atoms with Gasteiger partial charge in [0.2, 0.25) is 0 Å². The van der Waals surface area contributed by atoms with Gasteiger partial charge >= 0.3 is 10.4 Å². The Morgan fingerprint density at radius 2 is 1.40 bits per heavy atom. The van der Waals surface area contributed by atoms with Crippen LogP contribution >= 0.6 is 0 Å². The Kier molecular flexibility index (Phi) is 13.8. The maximum atomic E-state index is 12.4. The second kappa shape index (κ2) is 18.0. The van der Waals surface area contributed by atoms with Gasteiger partial charge in [0.05, 0.1) is 33.0 Å². The summed E-state index contributed by atoms with van der Waals surface area (Å²) in [6.07, 6.45) is -7.74. The third kappa shape index (κ3) is 10.5. The van der Waals surface area contributed by atoms with Crippen LogP contribution in [0.4, 0.5) is 0 Å². The van der Waals surface area contributed by atoms with E-state index in [0.29, 0.717) is 0 Å². The van der Waals surface area contributed by atoms with Crippen LogP contribution in [-0.2, 0) is 69.0 Å². The average Bonchev–Trinajstić information content (AvgIpc) is 3.25. The van der Waals surface area contributed by atoms with Gasteiger partial charge in [-0.3, -0.25) is 4.55 Å². The molecule has 262 valence electrons.